The molecule has 0 aliphatic heterocycles. The van der Waals surface area contributed by atoms with Crippen molar-refractivity contribution in [2.75, 3.05) is 6.54 Å². The van der Waals surface area contributed by atoms with Crippen LogP contribution in [0, 0.1) is 0 Å². The van der Waals surface area contributed by atoms with Crippen molar-refractivity contribution < 1.29 is 4.74 Å². The maximum atomic E-state index is 5.63. The largest absolute Gasteiger partial charge is 0.486 e. The van der Waals surface area contributed by atoms with E-state index in [2.05, 4.69) is 21.0 Å². The molecule has 0 fully saturated rings. The zero-order chi connectivity index (χ0) is 12.1. The standard InChI is InChI=1S/C12H14BrN3O/c13-11-3-1-2-10(6-11)9-17-12-7-15-16(8-12)5-4-14/h1-3,6-8H,4-5,9,14H2. The quantitative estimate of drug-likeness (QED) is 0.920. The van der Waals surface area contributed by atoms with E-state index in [0.717, 1.165) is 15.8 Å². The molecule has 0 saturated carbocycles. The minimum absolute atomic E-state index is 0.535. The molecule has 1 heterocycles. The Morgan fingerprint density at radius 1 is 1.41 bits per heavy atom. The maximum absolute atomic E-state index is 5.63. The third kappa shape index (κ3) is 3.57. The maximum Gasteiger partial charge on any atom is 0.157 e. The predicted octanol–water partition coefficient (Wildman–Crippen LogP) is 2.18. The number of ether oxygens (including phenoxy) is 1. The number of hydrogen-bond donors (Lipinski definition) is 1. The Morgan fingerprint density at radius 3 is 3.06 bits per heavy atom. The number of aromatic nitrogens is 2. The van der Waals surface area contributed by atoms with E-state index in [0.29, 0.717) is 19.7 Å². The molecule has 0 unspecified atom stereocenters. The van der Waals surface area contributed by atoms with Gasteiger partial charge in [-0.1, -0.05) is 28.1 Å². The highest BCUT2D eigenvalue weighted by atomic mass is 79.9. The van der Waals surface area contributed by atoms with Gasteiger partial charge in [0.1, 0.15) is 6.61 Å². The van der Waals surface area contributed by atoms with Crippen LogP contribution >= 0.6 is 15.9 Å². The van der Waals surface area contributed by atoms with Crippen LogP contribution in [-0.4, -0.2) is 16.3 Å². The molecule has 0 amide bonds. The molecule has 0 atom stereocenters. The minimum atomic E-state index is 0.535. The number of nitrogens with zero attached hydrogens (tertiary/aromatic N) is 2. The number of benzene rings is 1. The predicted molar refractivity (Wildman–Crippen MR) is 69.8 cm³/mol. The third-order valence-electron chi connectivity index (χ3n) is 2.26. The van der Waals surface area contributed by atoms with Gasteiger partial charge < -0.3 is 10.5 Å². The molecule has 1 aromatic heterocycles. The van der Waals surface area contributed by atoms with Crippen molar-refractivity contribution in [2.45, 2.75) is 13.2 Å². The Hall–Kier alpha value is -1.33. The van der Waals surface area contributed by atoms with Crippen molar-refractivity contribution >= 4 is 15.9 Å². The van der Waals surface area contributed by atoms with Crippen molar-refractivity contribution in [3.05, 3.63) is 46.7 Å². The lowest BCUT2D eigenvalue weighted by Crippen LogP contribution is -2.09. The van der Waals surface area contributed by atoms with Crippen LogP contribution < -0.4 is 10.5 Å². The average Bonchev–Trinajstić information content (AvgIpc) is 2.75. The van der Waals surface area contributed by atoms with Gasteiger partial charge in [-0.25, -0.2) is 0 Å². The van der Waals surface area contributed by atoms with Gasteiger partial charge in [0.2, 0.25) is 0 Å². The smallest absolute Gasteiger partial charge is 0.157 e. The normalized spacial score (nSPS) is 10.5. The summed E-state index contributed by atoms with van der Waals surface area (Å²) in [6, 6.07) is 8.03. The van der Waals surface area contributed by atoms with Gasteiger partial charge >= 0.3 is 0 Å². The Kier molecular flexibility index (Phi) is 4.17. The minimum Gasteiger partial charge on any atom is -0.486 e. The topological polar surface area (TPSA) is 53.1 Å². The first-order valence-electron chi connectivity index (χ1n) is 5.37. The fourth-order valence-corrected chi connectivity index (χ4v) is 1.91. The second-order valence-corrected chi connectivity index (χ2v) is 4.56. The first kappa shape index (κ1) is 12.1. The summed E-state index contributed by atoms with van der Waals surface area (Å²) >= 11 is 3.43. The fraction of sp³-hybridized carbons (Fsp3) is 0.250. The molecular formula is C12H14BrN3O. The van der Waals surface area contributed by atoms with Gasteiger partial charge in [0.25, 0.3) is 0 Å². The van der Waals surface area contributed by atoms with E-state index in [1.807, 2.05) is 30.5 Å². The SMILES string of the molecule is NCCn1cc(OCc2cccc(Br)c2)cn1. The summed E-state index contributed by atoms with van der Waals surface area (Å²) in [6.07, 6.45) is 3.55. The summed E-state index contributed by atoms with van der Waals surface area (Å²) in [5, 5.41) is 4.14. The molecule has 5 heteroatoms. The Labute approximate surface area is 109 Å². The van der Waals surface area contributed by atoms with Crippen LogP contribution in [0.25, 0.3) is 0 Å². The van der Waals surface area contributed by atoms with Crippen molar-refractivity contribution in [2.24, 2.45) is 5.73 Å². The van der Waals surface area contributed by atoms with Gasteiger partial charge in [-0.15, -0.1) is 0 Å². The van der Waals surface area contributed by atoms with E-state index in [9.17, 15) is 0 Å². The first-order valence-corrected chi connectivity index (χ1v) is 6.17. The lowest BCUT2D eigenvalue weighted by Gasteiger charge is -2.03. The first-order chi connectivity index (χ1) is 8.28. The lowest BCUT2D eigenvalue weighted by molar-refractivity contribution is 0.305. The van der Waals surface area contributed by atoms with Crippen LogP contribution in [0.1, 0.15) is 5.56 Å². The van der Waals surface area contributed by atoms with Crippen LogP contribution in [0.3, 0.4) is 0 Å². The summed E-state index contributed by atoms with van der Waals surface area (Å²) in [6.45, 7) is 1.82. The van der Waals surface area contributed by atoms with E-state index in [1.165, 1.54) is 0 Å². The van der Waals surface area contributed by atoms with Crippen molar-refractivity contribution in [1.82, 2.24) is 9.78 Å². The van der Waals surface area contributed by atoms with Crippen LogP contribution in [0.4, 0.5) is 0 Å². The zero-order valence-corrected chi connectivity index (χ0v) is 10.9. The van der Waals surface area contributed by atoms with Gasteiger partial charge in [-0.3, -0.25) is 4.68 Å². The number of nitrogens with two attached hydrogens (primary N) is 1. The highest BCUT2D eigenvalue weighted by molar-refractivity contribution is 9.10. The Morgan fingerprint density at radius 2 is 2.29 bits per heavy atom. The van der Waals surface area contributed by atoms with Gasteiger partial charge in [-0.2, -0.15) is 5.10 Å². The van der Waals surface area contributed by atoms with Gasteiger partial charge in [0.05, 0.1) is 18.9 Å². The van der Waals surface area contributed by atoms with E-state index in [1.54, 1.807) is 10.9 Å². The van der Waals surface area contributed by atoms with Crippen LogP contribution in [-0.2, 0) is 13.2 Å². The monoisotopic (exact) mass is 295 g/mol. The number of halogens is 1. The molecule has 17 heavy (non-hydrogen) atoms. The van der Waals surface area contributed by atoms with Crippen LogP contribution in [0.2, 0.25) is 0 Å². The Bertz CT molecular complexity index is 484. The molecule has 0 bridgehead atoms. The molecule has 0 aliphatic rings. The second-order valence-electron chi connectivity index (χ2n) is 3.65. The van der Waals surface area contributed by atoms with E-state index in [-0.39, 0.29) is 0 Å². The molecule has 1 aromatic carbocycles. The molecule has 0 aliphatic carbocycles. The molecule has 0 radical (unpaired) electrons. The summed E-state index contributed by atoms with van der Waals surface area (Å²) < 4.78 is 8.46. The van der Waals surface area contributed by atoms with Crippen molar-refractivity contribution in [3.8, 4) is 5.75 Å². The molecular weight excluding hydrogens is 282 g/mol. The summed E-state index contributed by atoms with van der Waals surface area (Å²) in [5.41, 5.74) is 6.56. The van der Waals surface area contributed by atoms with E-state index in [4.69, 9.17) is 10.5 Å². The summed E-state index contributed by atoms with van der Waals surface area (Å²) in [4.78, 5) is 0. The highest BCUT2D eigenvalue weighted by Gasteiger charge is 2.00. The molecule has 2 aromatic rings. The Balaban J connectivity index is 1.93. The van der Waals surface area contributed by atoms with Gasteiger partial charge in [0, 0.05) is 11.0 Å². The average molecular weight is 296 g/mol. The second kappa shape index (κ2) is 5.84. The van der Waals surface area contributed by atoms with E-state index < -0.39 is 0 Å². The highest BCUT2D eigenvalue weighted by Crippen LogP contribution is 2.15. The van der Waals surface area contributed by atoms with Gasteiger partial charge in [-0.05, 0) is 17.7 Å². The van der Waals surface area contributed by atoms with Crippen LogP contribution in [0.15, 0.2) is 41.1 Å². The molecule has 2 N–H and O–H groups in total. The number of hydrogen-bond acceptors (Lipinski definition) is 3. The molecule has 0 spiro atoms. The third-order valence-corrected chi connectivity index (χ3v) is 2.76. The van der Waals surface area contributed by atoms with E-state index >= 15 is 0 Å². The van der Waals surface area contributed by atoms with Gasteiger partial charge in [0.15, 0.2) is 5.75 Å². The molecule has 4 nitrogen and oxygen atoms in total. The summed E-state index contributed by atoms with van der Waals surface area (Å²) in [5.74, 6) is 0.762. The van der Waals surface area contributed by atoms with Crippen LogP contribution in [0.5, 0.6) is 5.75 Å². The van der Waals surface area contributed by atoms with Crippen molar-refractivity contribution in [3.63, 3.8) is 0 Å². The molecule has 0 saturated heterocycles. The lowest BCUT2D eigenvalue weighted by atomic mass is 10.2. The number of rotatable bonds is 5. The zero-order valence-electron chi connectivity index (χ0n) is 9.34. The molecule has 2 rings (SSSR count). The molecule has 90 valence electrons. The summed E-state index contributed by atoms with van der Waals surface area (Å²) in [7, 11) is 0. The van der Waals surface area contributed by atoms with Crippen molar-refractivity contribution in [1.29, 1.82) is 0 Å². The fourth-order valence-electron chi connectivity index (χ4n) is 1.47.